The Labute approximate surface area is 119 Å². The molecule has 0 saturated carbocycles. The zero-order valence-electron chi connectivity index (χ0n) is 10.1. The van der Waals surface area contributed by atoms with Crippen LogP contribution in [0.5, 0.6) is 0 Å². The van der Waals surface area contributed by atoms with Crippen molar-refractivity contribution in [3.63, 3.8) is 0 Å². The van der Waals surface area contributed by atoms with Gasteiger partial charge in [0.2, 0.25) is 0 Å². The molecule has 106 valence electrons. The number of carbonyl (C=O) groups excluding carboxylic acids is 1. The second-order valence-electron chi connectivity index (χ2n) is 3.79. The topological polar surface area (TPSA) is 79.8 Å². The molecule has 1 amide bonds. The summed E-state index contributed by atoms with van der Waals surface area (Å²) in [5, 5.41) is 0. The quantitative estimate of drug-likeness (QED) is 0.806. The highest BCUT2D eigenvalue weighted by Crippen LogP contribution is 2.26. The first-order valence-corrected chi connectivity index (χ1v) is 8.03. The van der Waals surface area contributed by atoms with Crippen molar-refractivity contribution < 1.29 is 17.9 Å². The molecule has 1 fully saturated rings. The molecular weight excluding hydrogens is 314 g/mol. The number of ether oxygens (including phenoxy) is 1. The van der Waals surface area contributed by atoms with Crippen molar-refractivity contribution in [3.05, 3.63) is 10.7 Å². The van der Waals surface area contributed by atoms with Crippen molar-refractivity contribution in [1.82, 2.24) is 14.2 Å². The van der Waals surface area contributed by atoms with Gasteiger partial charge in [-0.05, 0) is 0 Å². The summed E-state index contributed by atoms with van der Waals surface area (Å²) < 4.78 is 30.7. The van der Waals surface area contributed by atoms with Gasteiger partial charge >= 0.3 is 6.09 Å². The van der Waals surface area contributed by atoms with Crippen LogP contribution in [0.4, 0.5) is 4.79 Å². The van der Waals surface area contributed by atoms with E-state index in [0.717, 1.165) is 11.3 Å². The number of carbonyl (C=O) groups is 1. The number of aromatic nitrogens is 1. The van der Waals surface area contributed by atoms with Crippen molar-refractivity contribution in [2.75, 3.05) is 33.3 Å². The number of sulfonamides is 1. The molecule has 0 unspecified atom stereocenters. The minimum absolute atomic E-state index is 0.115. The molecule has 1 aromatic heterocycles. The summed E-state index contributed by atoms with van der Waals surface area (Å²) in [5.41, 5.74) is 0. The number of methoxy groups -OCH3 is 1. The molecular formula is C9H12ClN3O4S2. The van der Waals surface area contributed by atoms with Gasteiger partial charge in [0.25, 0.3) is 10.0 Å². The molecule has 1 aliphatic heterocycles. The Morgan fingerprint density at radius 2 is 2.05 bits per heavy atom. The predicted octanol–water partition coefficient (Wildman–Crippen LogP) is 0.869. The number of thiazole rings is 1. The first-order valence-electron chi connectivity index (χ1n) is 5.39. The SMILES string of the molecule is COC(=O)N1CCN(S(=O)(=O)c2cnc(Cl)s2)CC1. The van der Waals surface area contributed by atoms with E-state index < -0.39 is 16.1 Å². The second-order valence-corrected chi connectivity index (χ2v) is 7.57. The predicted molar refractivity (Wildman–Crippen MR) is 69.9 cm³/mol. The maximum Gasteiger partial charge on any atom is 0.409 e. The third-order valence-electron chi connectivity index (χ3n) is 2.72. The lowest BCUT2D eigenvalue weighted by atomic mass is 10.4. The molecule has 0 atom stereocenters. The van der Waals surface area contributed by atoms with E-state index >= 15 is 0 Å². The molecule has 1 saturated heterocycles. The zero-order valence-corrected chi connectivity index (χ0v) is 12.5. The van der Waals surface area contributed by atoms with Crippen molar-refractivity contribution in [2.24, 2.45) is 0 Å². The monoisotopic (exact) mass is 325 g/mol. The Balaban J connectivity index is 2.07. The van der Waals surface area contributed by atoms with Gasteiger partial charge in [0.15, 0.2) is 8.68 Å². The highest BCUT2D eigenvalue weighted by Gasteiger charge is 2.31. The van der Waals surface area contributed by atoms with E-state index in [4.69, 9.17) is 11.6 Å². The van der Waals surface area contributed by atoms with Crippen LogP contribution in [-0.2, 0) is 14.8 Å². The summed E-state index contributed by atoms with van der Waals surface area (Å²) in [6, 6.07) is 0. The van der Waals surface area contributed by atoms with Gasteiger partial charge in [-0.3, -0.25) is 0 Å². The molecule has 1 aliphatic rings. The Morgan fingerprint density at radius 1 is 1.42 bits per heavy atom. The van der Waals surface area contributed by atoms with E-state index in [-0.39, 0.29) is 21.8 Å². The smallest absolute Gasteiger partial charge is 0.409 e. The fraction of sp³-hybridized carbons (Fsp3) is 0.556. The number of rotatable bonds is 2. The Bertz CT molecular complexity index is 566. The fourth-order valence-electron chi connectivity index (χ4n) is 1.73. The highest BCUT2D eigenvalue weighted by molar-refractivity contribution is 7.91. The lowest BCUT2D eigenvalue weighted by Crippen LogP contribution is -2.50. The summed E-state index contributed by atoms with van der Waals surface area (Å²) >= 11 is 6.56. The van der Waals surface area contributed by atoms with Crippen molar-refractivity contribution in [3.8, 4) is 0 Å². The molecule has 10 heteroatoms. The molecule has 19 heavy (non-hydrogen) atoms. The van der Waals surface area contributed by atoms with Crippen molar-refractivity contribution >= 4 is 39.1 Å². The summed E-state index contributed by atoms with van der Waals surface area (Å²) in [6.07, 6.45) is 0.799. The maximum absolute atomic E-state index is 12.2. The standard InChI is InChI=1S/C9H12ClN3O4S2/c1-17-9(14)12-2-4-13(5-3-12)19(15,16)7-6-11-8(10)18-7/h6H,2-5H2,1H3. The van der Waals surface area contributed by atoms with E-state index in [2.05, 4.69) is 9.72 Å². The van der Waals surface area contributed by atoms with E-state index in [1.807, 2.05) is 0 Å². The molecule has 0 N–H and O–H groups in total. The largest absolute Gasteiger partial charge is 0.453 e. The van der Waals surface area contributed by atoms with Crippen LogP contribution in [0, 0.1) is 0 Å². The summed E-state index contributed by atoms with van der Waals surface area (Å²) in [4.78, 5) is 16.5. The average molecular weight is 326 g/mol. The summed E-state index contributed by atoms with van der Waals surface area (Å²) in [7, 11) is -2.27. The molecule has 0 aliphatic carbocycles. The molecule has 2 heterocycles. The number of amides is 1. The molecule has 1 aromatic rings. The van der Waals surface area contributed by atoms with Gasteiger partial charge in [0.05, 0.1) is 13.3 Å². The first-order chi connectivity index (χ1) is 8.95. The van der Waals surface area contributed by atoms with Gasteiger partial charge in [-0.25, -0.2) is 18.2 Å². The normalized spacial score (nSPS) is 17.5. The Kier molecular flexibility index (Phi) is 4.29. The summed E-state index contributed by atoms with van der Waals surface area (Å²) in [5.74, 6) is 0. The molecule has 0 radical (unpaired) electrons. The third-order valence-corrected chi connectivity index (χ3v) is 6.17. The van der Waals surface area contributed by atoms with Gasteiger partial charge in [0, 0.05) is 26.2 Å². The van der Waals surface area contributed by atoms with Gasteiger partial charge in [-0.2, -0.15) is 4.31 Å². The summed E-state index contributed by atoms with van der Waals surface area (Å²) in [6.45, 7) is 1.07. The number of piperazine rings is 1. The van der Waals surface area contributed by atoms with Crippen LogP contribution in [0.15, 0.2) is 10.4 Å². The number of hydrogen-bond acceptors (Lipinski definition) is 6. The van der Waals surface area contributed by atoms with Gasteiger partial charge in [0.1, 0.15) is 0 Å². The van der Waals surface area contributed by atoms with Crippen LogP contribution in [0.3, 0.4) is 0 Å². The van der Waals surface area contributed by atoms with E-state index in [0.29, 0.717) is 13.1 Å². The van der Waals surface area contributed by atoms with Crippen LogP contribution in [-0.4, -0.2) is 62.0 Å². The number of nitrogens with zero attached hydrogens (tertiary/aromatic N) is 3. The van der Waals surface area contributed by atoms with Crippen LogP contribution >= 0.6 is 22.9 Å². The van der Waals surface area contributed by atoms with Gasteiger partial charge < -0.3 is 9.64 Å². The van der Waals surface area contributed by atoms with Crippen LogP contribution in [0.25, 0.3) is 0 Å². The zero-order chi connectivity index (χ0) is 14.0. The lowest BCUT2D eigenvalue weighted by molar-refractivity contribution is 0.108. The third kappa shape index (κ3) is 2.99. The maximum atomic E-state index is 12.2. The number of halogens is 1. The minimum Gasteiger partial charge on any atom is -0.453 e. The molecule has 0 spiro atoms. The van der Waals surface area contributed by atoms with Gasteiger partial charge in [-0.15, -0.1) is 0 Å². The van der Waals surface area contributed by atoms with Crippen LogP contribution in [0.2, 0.25) is 4.47 Å². The number of hydrogen-bond donors (Lipinski definition) is 0. The first kappa shape index (κ1) is 14.5. The van der Waals surface area contributed by atoms with Crippen molar-refractivity contribution in [2.45, 2.75) is 4.21 Å². The van der Waals surface area contributed by atoms with E-state index in [1.54, 1.807) is 0 Å². The molecule has 7 nitrogen and oxygen atoms in total. The Hall–Kier alpha value is -0.900. The highest BCUT2D eigenvalue weighted by atomic mass is 35.5. The molecule has 0 aromatic carbocycles. The molecule has 0 bridgehead atoms. The van der Waals surface area contributed by atoms with Crippen LogP contribution < -0.4 is 0 Å². The van der Waals surface area contributed by atoms with Crippen molar-refractivity contribution in [1.29, 1.82) is 0 Å². The molecule has 2 rings (SSSR count). The average Bonchev–Trinajstić information content (AvgIpc) is 2.85. The fourth-order valence-corrected chi connectivity index (χ4v) is 4.60. The van der Waals surface area contributed by atoms with E-state index in [9.17, 15) is 13.2 Å². The lowest BCUT2D eigenvalue weighted by Gasteiger charge is -2.32. The van der Waals surface area contributed by atoms with Crippen LogP contribution in [0.1, 0.15) is 0 Å². The van der Waals surface area contributed by atoms with E-state index in [1.165, 1.54) is 22.5 Å². The second kappa shape index (κ2) is 5.61. The Morgan fingerprint density at radius 3 is 2.53 bits per heavy atom. The van der Waals surface area contributed by atoms with Gasteiger partial charge in [-0.1, -0.05) is 22.9 Å². The minimum atomic E-state index is -3.57.